The van der Waals surface area contributed by atoms with E-state index in [-0.39, 0.29) is 10.8 Å². The zero-order chi connectivity index (χ0) is 18.0. The molecule has 25 heavy (non-hydrogen) atoms. The molecule has 2 aromatic rings. The van der Waals surface area contributed by atoms with Gasteiger partial charge >= 0.3 is 0 Å². The molecule has 6 heteroatoms. The van der Waals surface area contributed by atoms with Gasteiger partial charge in [0.15, 0.2) is 9.84 Å². The van der Waals surface area contributed by atoms with E-state index in [1.165, 1.54) is 6.07 Å². The first kappa shape index (κ1) is 17.5. The molecule has 5 nitrogen and oxygen atoms in total. The van der Waals surface area contributed by atoms with Crippen LogP contribution in [0, 0.1) is 0 Å². The SMILES string of the molecule is CCc1ccc(S(C)(=O)=O)cc1C(=O)Nc1cccc2c1OCCC2. The Morgan fingerprint density at radius 3 is 2.76 bits per heavy atom. The highest BCUT2D eigenvalue weighted by Gasteiger charge is 2.19. The maximum absolute atomic E-state index is 12.8. The Balaban J connectivity index is 1.96. The zero-order valence-electron chi connectivity index (χ0n) is 14.3. The number of para-hydroxylation sites is 1. The third-order valence-corrected chi connectivity index (χ3v) is 5.43. The Kier molecular flexibility index (Phi) is 4.81. The predicted octanol–water partition coefficient (Wildman–Crippen LogP) is 3.23. The minimum atomic E-state index is -3.38. The Labute approximate surface area is 147 Å². The number of hydrogen-bond donors (Lipinski definition) is 1. The highest BCUT2D eigenvalue weighted by Crippen LogP contribution is 2.33. The van der Waals surface area contributed by atoms with Crippen molar-refractivity contribution in [2.45, 2.75) is 31.1 Å². The Morgan fingerprint density at radius 1 is 1.24 bits per heavy atom. The number of aryl methyl sites for hydroxylation is 2. The molecule has 0 atom stereocenters. The summed E-state index contributed by atoms with van der Waals surface area (Å²) in [5.74, 6) is 0.379. The largest absolute Gasteiger partial charge is 0.491 e. The standard InChI is InChI=1S/C19H21NO4S/c1-3-13-9-10-15(25(2,22)23)12-16(13)19(21)20-17-8-4-6-14-7-5-11-24-18(14)17/h4,6,8-10,12H,3,5,7,11H2,1-2H3,(H,20,21). The quantitative estimate of drug-likeness (QED) is 0.910. The fourth-order valence-electron chi connectivity index (χ4n) is 2.98. The van der Waals surface area contributed by atoms with E-state index in [1.54, 1.807) is 18.2 Å². The van der Waals surface area contributed by atoms with E-state index in [0.717, 1.165) is 30.2 Å². The average molecular weight is 359 g/mol. The molecule has 2 aromatic carbocycles. The first-order valence-electron chi connectivity index (χ1n) is 8.29. The number of ether oxygens (including phenoxy) is 1. The van der Waals surface area contributed by atoms with E-state index < -0.39 is 9.84 Å². The number of carbonyl (C=O) groups excluding carboxylic acids is 1. The summed E-state index contributed by atoms with van der Waals surface area (Å²) < 4.78 is 29.3. The number of anilines is 1. The summed E-state index contributed by atoms with van der Waals surface area (Å²) in [5.41, 5.74) is 2.87. The lowest BCUT2D eigenvalue weighted by molar-refractivity contribution is 0.102. The number of nitrogens with one attached hydrogen (secondary N) is 1. The molecule has 1 heterocycles. The van der Waals surface area contributed by atoms with Gasteiger partial charge in [-0.25, -0.2) is 8.42 Å². The van der Waals surface area contributed by atoms with E-state index >= 15 is 0 Å². The van der Waals surface area contributed by atoms with Gasteiger partial charge in [-0.15, -0.1) is 0 Å². The van der Waals surface area contributed by atoms with E-state index in [4.69, 9.17) is 4.74 Å². The molecular weight excluding hydrogens is 338 g/mol. The molecule has 0 saturated carbocycles. The fourth-order valence-corrected chi connectivity index (χ4v) is 3.63. The minimum Gasteiger partial charge on any atom is -0.491 e. The second-order valence-corrected chi connectivity index (χ2v) is 8.16. The molecule has 1 aliphatic heterocycles. The van der Waals surface area contributed by atoms with Gasteiger partial charge in [0.05, 0.1) is 17.2 Å². The lowest BCUT2D eigenvalue weighted by Gasteiger charge is -2.20. The van der Waals surface area contributed by atoms with E-state index in [2.05, 4.69) is 5.32 Å². The summed E-state index contributed by atoms with van der Waals surface area (Å²) in [5, 5.41) is 2.88. The van der Waals surface area contributed by atoms with Gasteiger partial charge in [-0.3, -0.25) is 4.79 Å². The summed E-state index contributed by atoms with van der Waals surface area (Å²) >= 11 is 0. The number of fused-ring (bicyclic) bond motifs is 1. The molecule has 0 aromatic heterocycles. The molecule has 132 valence electrons. The van der Waals surface area contributed by atoms with E-state index in [0.29, 0.717) is 30.0 Å². The van der Waals surface area contributed by atoms with Crippen LogP contribution in [0.5, 0.6) is 5.75 Å². The van der Waals surface area contributed by atoms with Crippen molar-refractivity contribution < 1.29 is 17.9 Å². The third-order valence-electron chi connectivity index (χ3n) is 4.32. The Hall–Kier alpha value is -2.34. The van der Waals surface area contributed by atoms with Gasteiger partial charge in [0.1, 0.15) is 5.75 Å². The van der Waals surface area contributed by atoms with Crippen LogP contribution in [0.3, 0.4) is 0 Å². The number of carbonyl (C=O) groups is 1. The van der Waals surface area contributed by atoms with Crippen LogP contribution in [0.1, 0.15) is 34.8 Å². The van der Waals surface area contributed by atoms with Gasteiger partial charge in [0.25, 0.3) is 5.91 Å². The molecule has 0 unspecified atom stereocenters. The highest BCUT2D eigenvalue weighted by molar-refractivity contribution is 7.90. The maximum Gasteiger partial charge on any atom is 0.256 e. The molecule has 0 bridgehead atoms. The molecule has 1 amide bonds. The molecule has 0 fully saturated rings. The van der Waals surface area contributed by atoms with Gasteiger partial charge in [-0.1, -0.05) is 25.1 Å². The third kappa shape index (κ3) is 3.69. The number of sulfone groups is 1. The molecule has 0 spiro atoms. The molecule has 3 rings (SSSR count). The predicted molar refractivity (Wildman–Crippen MR) is 97.1 cm³/mol. The van der Waals surface area contributed by atoms with Gasteiger partial charge in [-0.05, 0) is 48.6 Å². The van der Waals surface area contributed by atoms with Crippen LogP contribution in [0.4, 0.5) is 5.69 Å². The van der Waals surface area contributed by atoms with Crippen LogP contribution in [0.15, 0.2) is 41.3 Å². The minimum absolute atomic E-state index is 0.140. The van der Waals surface area contributed by atoms with Crippen molar-refractivity contribution in [3.05, 3.63) is 53.1 Å². The fraction of sp³-hybridized carbons (Fsp3) is 0.316. The van der Waals surface area contributed by atoms with Gasteiger partial charge in [0.2, 0.25) is 0 Å². The monoisotopic (exact) mass is 359 g/mol. The van der Waals surface area contributed by atoms with Crippen molar-refractivity contribution in [3.8, 4) is 5.75 Å². The van der Waals surface area contributed by atoms with Gasteiger partial charge < -0.3 is 10.1 Å². The number of rotatable bonds is 4. The zero-order valence-corrected chi connectivity index (χ0v) is 15.2. The van der Waals surface area contributed by atoms with Gasteiger partial charge in [-0.2, -0.15) is 0 Å². The summed E-state index contributed by atoms with van der Waals surface area (Å²) in [4.78, 5) is 12.9. The molecule has 0 aliphatic carbocycles. The first-order chi connectivity index (χ1) is 11.9. The average Bonchev–Trinajstić information content (AvgIpc) is 2.60. The van der Waals surface area contributed by atoms with Crippen molar-refractivity contribution in [3.63, 3.8) is 0 Å². The summed E-state index contributed by atoms with van der Waals surface area (Å²) in [6, 6.07) is 10.4. The van der Waals surface area contributed by atoms with Crippen molar-refractivity contribution in [2.24, 2.45) is 0 Å². The van der Waals surface area contributed by atoms with Crippen molar-refractivity contribution >= 4 is 21.4 Å². The van der Waals surface area contributed by atoms with Crippen LogP contribution < -0.4 is 10.1 Å². The van der Waals surface area contributed by atoms with E-state index in [9.17, 15) is 13.2 Å². The normalized spacial score (nSPS) is 13.7. The molecule has 1 aliphatic rings. The Bertz CT molecular complexity index is 919. The van der Waals surface area contributed by atoms with Crippen LogP contribution in [-0.4, -0.2) is 27.2 Å². The summed E-state index contributed by atoms with van der Waals surface area (Å²) in [7, 11) is -3.38. The summed E-state index contributed by atoms with van der Waals surface area (Å²) in [6.07, 6.45) is 3.65. The number of benzene rings is 2. The molecule has 0 saturated heterocycles. The van der Waals surface area contributed by atoms with E-state index in [1.807, 2.05) is 19.1 Å². The molecule has 0 radical (unpaired) electrons. The lowest BCUT2D eigenvalue weighted by atomic mass is 10.0. The summed E-state index contributed by atoms with van der Waals surface area (Å²) in [6.45, 7) is 2.56. The van der Waals surface area contributed by atoms with Crippen LogP contribution >= 0.6 is 0 Å². The van der Waals surface area contributed by atoms with Crippen LogP contribution in [-0.2, 0) is 22.7 Å². The Morgan fingerprint density at radius 2 is 2.04 bits per heavy atom. The molecular formula is C19H21NO4S. The van der Waals surface area contributed by atoms with Crippen molar-refractivity contribution in [1.82, 2.24) is 0 Å². The van der Waals surface area contributed by atoms with Gasteiger partial charge in [0, 0.05) is 11.8 Å². The number of amides is 1. The second kappa shape index (κ2) is 6.88. The first-order valence-corrected chi connectivity index (χ1v) is 10.2. The smallest absolute Gasteiger partial charge is 0.256 e. The molecule has 1 N–H and O–H groups in total. The maximum atomic E-state index is 12.8. The highest BCUT2D eigenvalue weighted by atomic mass is 32.2. The van der Waals surface area contributed by atoms with Crippen LogP contribution in [0.25, 0.3) is 0 Å². The number of hydrogen-bond acceptors (Lipinski definition) is 4. The van der Waals surface area contributed by atoms with Crippen molar-refractivity contribution in [1.29, 1.82) is 0 Å². The lowest BCUT2D eigenvalue weighted by Crippen LogP contribution is -2.17. The topological polar surface area (TPSA) is 72.5 Å². The second-order valence-electron chi connectivity index (χ2n) is 6.14. The van der Waals surface area contributed by atoms with Crippen LogP contribution in [0.2, 0.25) is 0 Å². The van der Waals surface area contributed by atoms with Crippen molar-refractivity contribution in [2.75, 3.05) is 18.2 Å².